The monoisotopic (exact) mass is 421 g/mol. The third-order valence-corrected chi connectivity index (χ3v) is 4.97. The van der Waals surface area contributed by atoms with Crippen molar-refractivity contribution in [2.45, 2.75) is 13.0 Å². The summed E-state index contributed by atoms with van der Waals surface area (Å²) in [5, 5.41) is 3.39. The fourth-order valence-corrected chi connectivity index (χ4v) is 3.36. The molecule has 27 heavy (non-hydrogen) atoms. The first-order valence-electron chi connectivity index (χ1n) is 8.73. The summed E-state index contributed by atoms with van der Waals surface area (Å²) in [6.07, 6.45) is 0. The first-order chi connectivity index (χ1) is 13.1. The van der Waals surface area contributed by atoms with Crippen LogP contribution in [0.4, 0.5) is 5.69 Å². The van der Waals surface area contributed by atoms with E-state index < -0.39 is 12.0 Å². The van der Waals surface area contributed by atoms with Gasteiger partial charge in [0.25, 0.3) is 0 Å². The van der Waals surface area contributed by atoms with Gasteiger partial charge in [0.1, 0.15) is 11.7 Å². The number of hydrogen-bond donors (Lipinski definition) is 1. The molecule has 0 saturated carbocycles. The fourth-order valence-electron chi connectivity index (χ4n) is 3.10. The maximum Gasteiger partial charge on any atom is 0.175 e. The van der Waals surface area contributed by atoms with Gasteiger partial charge in [0, 0.05) is 15.7 Å². The average molecular weight is 422 g/mol. The molecule has 3 aromatic carbocycles. The van der Waals surface area contributed by atoms with E-state index in [4.69, 9.17) is 0 Å². The molecule has 3 rings (SSSR count). The topological polar surface area (TPSA) is 46.2 Å². The third-order valence-electron chi connectivity index (χ3n) is 4.44. The lowest BCUT2D eigenvalue weighted by atomic mass is 9.84. The summed E-state index contributed by atoms with van der Waals surface area (Å²) in [6, 6.07) is 25.8. The summed E-state index contributed by atoms with van der Waals surface area (Å²) < 4.78 is 0.966. The lowest BCUT2D eigenvalue weighted by Gasteiger charge is -2.27. The standard InChI is InChI=1S/C23H20BrNO2/c1-16(26)21(23(27)18-10-6-3-7-11-18)22(17-8-4-2-5-9-17)25-20-14-12-19(24)13-15-20/h2-15,21-22,25H,1H3. The largest absolute Gasteiger partial charge is 0.377 e. The number of benzene rings is 3. The number of anilines is 1. The molecular formula is C23H20BrNO2. The maximum absolute atomic E-state index is 13.2. The van der Waals surface area contributed by atoms with E-state index in [9.17, 15) is 9.59 Å². The number of nitrogens with one attached hydrogen (secondary N) is 1. The predicted octanol–water partition coefficient (Wildman–Crippen LogP) is 5.69. The molecule has 0 aliphatic carbocycles. The molecule has 2 unspecified atom stereocenters. The second-order valence-corrected chi connectivity index (χ2v) is 7.27. The Labute approximate surface area is 167 Å². The highest BCUT2D eigenvalue weighted by Gasteiger charge is 2.34. The van der Waals surface area contributed by atoms with Crippen LogP contribution in [0.3, 0.4) is 0 Å². The Morgan fingerprint density at radius 3 is 1.93 bits per heavy atom. The lowest BCUT2D eigenvalue weighted by Crippen LogP contribution is -2.33. The molecule has 0 fully saturated rings. The highest BCUT2D eigenvalue weighted by atomic mass is 79.9. The van der Waals surface area contributed by atoms with Gasteiger partial charge in [-0.05, 0) is 36.8 Å². The summed E-state index contributed by atoms with van der Waals surface area (Å²) in [6.45, 7) is 1.48. The Balaban J connectivity index is 2.02. The number of rotatable bonds is 7. The van der Waals surface area contributed by atoms with E-state index in [1.807, 2.05) is 72.8 Å². The molecule has 0 aromatic heterocycles. The van der Waals surface area contributed by atoms with Crippen LogP contribution in [-0.2, 0) is 4.79 Å². The first kappa shape index (κ1) is 19.1. The van der Waals surface area contributed by atoms with Crippen molar-refractivity contribution in [2.24, 2.45) is 5.92 Å². The van der Waals surface area contributed by atoms with Crippen molar-refractivity contribution in [3.8, 4) is 0 Å². The predicted molar refractivity (Wildman–Crippen MR) is 112 cm³/mol. The molecule has 1 N–H and O–H groups in total. The summed E-state index contributed by atoms with van der Waals surface area (Å²) in [7, 11) is 0. The highest BCUT2D eigenvalue weighted by molar-refractivity contribution is 9.10. The third kappa shape index (κ3) is 4.72. The Bertz CT molecular complexity index is 908. The van der Waals surface area contributed by atoms with E-state index in [1.54, 1.807) is 12.1 Å². The second kappa shape index (κ2) is 8.78. The van der Waals surface area contributed by atoms with Crippen LogP contribution >= 0.6 is 15.9 Å². The number of ketones is 2. The van der Waals surface area contributed by atoms with Crippen molar-refractivity contribution in [3.05, 3.63) is 101 Å². The van der Waals surface area contributed by atoms with Gasteiger partial charge < -0.3 is 5.32 Å². The molecule has 4 heteroatoms. The lowest BCUT2D eigenvalue weighted by molar-refractivity contribution is -0.119. The van der Waals surface area contributed by atoms with Gasteiger partial charge in [-0.1, -0.05) is 76.6 Å². The summed E-state index contributed by atoms with van der Waals surface area (Å²) in [5.41, 5.74) is 2.28. The van der Waals surface area contributed by atoms with E-state index >= 15 is 0 Å². The van der Waals surface area contributed by atoms with Crippen molar-refractivity contribution < 1.29 is 9.59 Å². The van der Waals surface area contributed by atoms with Gasteiger partial charge in [0.05, 0.1) is 6.04 Å². The summed E-state index contributed by atoms with van der Waals surface area (Å²) in [4.78, 5) is 25.7. The SMILES string of the molecule is CC(=O)C(C(=O)c1ccccc1)C(Nc1ccc(Br)cc1)c1ccccc1. The molecule has 0 aliphatic heterocycles. The van der Waals surface area contributed by atoms with Crippen LogP contribution in [0.5, 0.6) is 0 Å². The van der Waals surface area contributed by atoms with Crippen LogP contribution in [0, 0.1) is 5.92 Å². The highest BCUT2D eigenvalue weighted by Crippen LogP contribution is 2.30. The van der Waals surface area contributed by atoms with Crippen molar-refractivity contribution in [3.63, 3.8) is 0 Å². The number of Topliss-reactive ketones (excluding diaryl/α,β-unsaturated/α-hetero) is 2. The molecular weight excluding hydrogens is 402 g/mol. The van der Waals surface area contributed by atoms with E-state index in [0.717, 1.165) is 15.7 Å². The Morgan fingerprint density at radius 2 is 1.37 bits per heavy atom. The zero-order chi connectivity index (χ0) is 19.2. The zero-order valence-corrected chi connectivity index (χ0v) is 16.5. The molecule has 0 spiro atoms. The molecule has 2 atom stereocenters. The number of carbonyl (C=O) groups excluding carboxylic acids is 2. The first-order valence-corrected chi connectivity index (χ1v) is 9.52. The summed E-state index contributed by atoms with van der Waals surface area (Å²) >= 11 is 3.43. The minimum atomic E-state index is -0.821. The molecule has 0 amide bonds. The van der Waals surface area contributed by atoms with Crippen molar-refractivity contribution in [1.29, 1.82) is 0 Å². The van der Waals surface area contributed by atoms with Gasteiger partial charge in [0.15, 0.2) is 5.78 Å². The van der Waals surface area contributed by atoms with Crippen LogP contribution in [0.25, 0.3) is 0 Å². The number of carbonyl (C=O) groups is 2. The van der Waals surface area contributed by atoms with Crippen molar-refractivity contribution in [2.75, 3.05) is 5.32 Å². The quantitative estimate of drug-likeness (QED) is 0.393. The van der Waals surface area contributed by atoms with Crippen LogP contribution in [0.1, 0.15) is 28.9 Å². The van der Waals surface area contributed by atoms with Crippen molar-refractivity contribution in [1.82, 2.24) is 0 Å². The average Bonchev–Trinajstić information content (AvgIpc) is 2.70. The zero-order valence-electron chi connectivity index (χ0n) is 14.9. The van der Waals surface area contributed by atoms with Crippen LogP contribution in [0.2, 0.25) is 0 Å². The Kier molecular flexibility index (Phi) is 6.20. The van der Waals surface area contributed by atoms with Gasteiger partial charge in [-0.25, -0.2) is 0 Å². The minimum absolute atomic E-state index is 0.165. The Morgan fingerprint density at radius 1 is 0.815 bits per heavy atom. The fraction of sp³-hybridized carbons (Fsp3) is 0.130. The molecule has 0 aliphatic rings. The molecule has 0 bridgehead atoms. The molecule has 136 valence electrons. The van der Waals surface area contributed by atoms with Crippen LogP contribution in [-0.4, -0.2) is 11.6 Å². The number of halogens is 1. The van der Waals surface area contributed by atoms with E-state index in [0.29, 0.717) is 5.56 Å². The van der Waals surface area contributed by atoms with Crippen LogP contribution < -0.4 is 5.32 Å². The molecule has 3 nitrogen and oxygen atoms in total. The van der Waals surface area contributed by atoms with Gasteiger partial charge in [0.2, 0.25) is 0 Å². The smallest absolute Gasteiger partial charge is 0.175 e. The van der Waals surface area contributed by atoms with Gasteiger partial charge in [-0.2, -0.15) is 0 Å². The van der Waals surface area contributed by atoms with Gasteiger partial charge >= 0.3 is 0 Å². The normalized spacial score (nSPS) is 12.8. The van der Waals surface area contributed by atoms with E-state index in [2.05, 4.69) is 21.2 Å². The second-order valence-electron chi connectivity index (χ2n) is 6.36. The number of hydrogen-bond acceptors (Lipinski definition) is 3. The van der Waals surface area contributed by atoms with Crippen LogP contribution in [0.15, 0.2) is 89.4 Å². The summed E-state index contributed by atoms with van der Waals surface area (Å²) in [5.74, 6) is -1.16. The van der Waals surface area contributed by atoms with Gasteiger partial charge in [-0.3, -0.25) is 9.59 Å². The molecule has 0 saturated heterocycles. The van der Waals surface area contributed by atoms with Crippen molar-refractivity contribution >= 4 is 33.2 Å². The van der Waals surface area contributed by atoms with E-state index in [-0.39, 0.29) is 11.6 Å². The van der Waals surface area contributed by atoms with Gasteiger partial charge in [-0.15, -0.1) is 0 Å². The van der Waals surface area contributed by atoms with E-state index in [1.165, 1.54) is 6.92 Å². The molecule has 3 aromatic rings. The molecule has 0 radical (unpaired) electrons. The minimum Gasteiger partial charge on any atom is -0.377 e. The molecule has 0 heterocycles. The maximum atomic E-state index is 13.2. The Hall–Kier alpha value is -2.72.